The predicted octanol–water partition coefficient (Wildman–Crippen LogP) is 2.68. The molecule has 2 aliphatic heterocycles. The quantitative estimate of drug-likeness (QED) is 0.689. The van der Waals surface area contributed by atoms with Crippen LogP contribution in [0.2, 0.25) is 0 Å². The fourth-order valence-corrected chi connectivity index (χ4v) is 5.36. The van der Waals surface area contributed by atoms with E-state index in [0.717, 1.165) is 18.8 Å². The van der Waals surface area contributed by atoms with Crippen LogP contribution in [0.25, 0.3) is 0 Å². The van der Waals surface area contributed by atoms with Gasteiger partial charge in [-0.15, -0.1) is 0 Å². The first kappa shape index (κ1) is 20.4. The van der Waals surface area contributed by atoms with Crippen LogP contribution in [0.1, 0.15) is 20.8 Å². The summed E-state index contributed by atoms with van der Waals surface area (Å²) in [5.74, 6) is 0. The molecule has 150 valence electrons. The van der Waals surface area contributed by atoms with Gasteiger partial charge in [-0.25, -0.2) is 13.2 Å². The number of carbonyl (C=O) groups is 1. The van der Waals surface area contributed by atoms with Crippen LogP contribution in [-0.2, 0) is 19.3 Å². The molecule has 1 aromatic carbocycles. The summed E-state index contributed by atoms with van der Waals surface area (Å²) in [6.45, 7) is 8.36. The number of morpholine rings is 1. The molecule has 0 spiro atoms. The van der Waals surface area contributed by atoms with Crippen LogP contribution >= 0.6 is 15.9 Å². The van der Waals surface area contributed by atoms with Crippen LogP contribution in [0, 0.1) is 0 Å². The second-order valence-electron chi connectivity index (χ2n) is 7.80. The largest absolute Gasteiger partial charge is 0.444 e. The standard InChI is InChI=1S/C18H25BrN2O5S/c1-18(2,3)26-17(22)21-11-16(12-21)27(23,24)15-9-13(19)8-14(10-15)20-4-6-25-7-5-20/h8-10,16H,4-7,11-12H2,1-3H3. The van der Waals surface area contributed by atoms with Gasteiger partial charge in [-0.2, -0.15) is 0 Å². The minimum absolute atomic E-state index is 0.149. The first-order valence-corrected chi connectivity index (χ1v) is 11.3. The van der Waals surface area contributed by atoms with Crippen molar-refractivity contribution in [1.82, 2.24) is 4.90 Å². The molecule has 0 atom stereocenters. The van der Waals surface area contributed by atoms with Crippen molar-refractivity contribution in [2.75, 3.05) is 44.3 Å². The van der Waals surface area contributed by atoms with E-state index in [0.29, 0.717) is 17.7 Å². The monoisotopic (exact) mass is 460 g/mol. The number of amides is 1. The van der Waals surface area contributed by atoms with E-state index in [1.807, 2.05) is 6.07 Å². The van der Waals surface area contributed by atoms with Crippen molar-refractivity contribution in [2.45, 2.75) is 36.5 Å². The fourth-order valence-electron chi connectivity index (χ4n) is 3.02. The molecule has 1 aromatic rings. The third kappa shape index (κ3) is 4.75. The van der Waals surface area contributed by atoms with Gasteiger partial charge in [-0.05, 0) is 39.0 Å². The molecule has 2 saturated heterocycles. The SMILES string of the molecule is CC(C)(C)OC(=O)N1CC(S(=O)(=O)c2cc(Br)cc(N3CCOCC3)c2)C1. The minimum Gasteiger partial charge on any atom is -0.444 e. The Balaban J connectivity index is 1.72. The van der Waals surface area contributed by atoms with Gasteiger partial charge < -0.3 is 19.3 Å². The molecule has 0 aromatic heterocycles. The molecule has 2 fully saturated rings. The van der Waals surface area contributed by atoms with Gasteiger partial charge in [0.05, 0.1) is 18.1 Å². The zero-order chi connectivity index (χ0) is 19.8. The maximum Gasteiger partial charge on any atom is 0.410 e. The summed E-state index contributed by atoms with van der Waals surface area (Å²) < 4.78 is 37.4. The van der Waals surface area contributed by atoms with E-state index >= 15 is 0 Å². The summed E-state index contributed by atoms with van der Waals surface area (Å²) in [6.07, 6.45) is -0.475. The van der Waals surface area contributed by atoms with Crippen molar-refractivity contribution in [2.24, 2.45) is 0 Å². The molecule has 1 amide bonds. The molecule has 0 N–H and O–H groups in total. The molecule has 3 rings (SSSR count). The highest BCUT2D eigenvalue weighted by Crippen LogP contribution is 2.31. The maximum atomic E-state index is 13.0. The topological polar surface area (TPSA) is 76.2 Å². The lowest BCUT2D eigenvalue weighted by Gasteiger charge is -2.39. The summed E-state index contributed by atoms with van der Waals surface area (Å²) in [4.78, 5) is 15.9. The molecular weight excluding hydrogens is 436 g/mol. The highest BCUT2D eigenvalue weighted by atomic mass is 79.9. The van der Waals surface area contributed by atoms with Crippen LogP contribution in [0.15, 0.2) is 27.6 Å². The predicted molar refractivity (Wildman–Crippen MR) is 106 cm³/mol. The number of hydrogen-bond acceptors (Lipinski definition) is 6. The second-order valence-corrected chi connectivity index (χ2v) is 10.9. The van der Waals surface area contributed by atoms with Crippen LogP contribution in [0.4, 0.5) is 10.5 Å². The molecule has 2 heterocycles. The van der Waals surface area contributed by atoms with Gasteiger partial charge in [0.25, 0.3) is 0 Å². The van der Waals surface area contributed by atoms with Gasteiger partial charge in [-0.3, -0.25) is 0 Å². The lowest BCUT2D eigenvalue weighted by Crippen LogP contribution is -2.57. The summed E-state index contributed by atoms with van der Waals surface area (Å²) >= 11 is 3.42. The minimum atomic E-state index is -3.53. The van der Waals surface area contributed by atoms with E-state index in [1.54, 1.807) is 32.9 Å². The number of sulfone groups is 1. The van der Waals surface area contributed by atoms with E-state index < -0.39 is 26.8 Å². The molecule has 0 unspecified atom stereocenters. The molecule has 7 nitrogen and oxygen atoms in total. The lowest BCUT2D eigenvalue weighted by molar-refractivity contribution is 0.0139. The summed E-state index contributed by atoms with van der Waals surface area (Å²) in [5.41, 5.74) is 0.257. The average Bonchev–Trinajstić information content (AvgIpc) is 2.51. The van der Waals surface area contributed by atoms with Crippen LogP contribution in [0.3, 0.4) is 0 Å². The number of likely N-dealkylation sites (tertiary alicyclic amines) is 1. The van der Waals surface area contributed by atoms with E-state index in [2.05, 4.69) is 20.8 Å². The van der Waals surface area contributed by atoms with Gasteiger partial charge >= 0.3 is 6.09 Å². The third-order valence-corrected chi connectivity index (χ3v) is 7.03. The number of halogens is 1. The Morgan fingerprint density at radius 1 is 1.19 bits per heavy atom. The summed E-state index contributed by atoms with van der Waals surface area (Å²) in [7, 11) is -3.53. The van der Waals surface area contributed by atoms with Crippen molar-refractivity contribution in [1.29, 1.82) is 0 Å². The Morgan fingerprint density at radius 2 is 1.81 bits per heavy atom. The van der Waals surface area contributed by atoms with Crippen LogP contribution < -0.4 is 4.90 Å². The molecule has 0 saturated carbocycles. The number of rotatable bonds is 3. The molecule has 2 aliphatic rings. The molecule has 9 heteroatoms. The van der Waals surface area contributed by atoms with Crippen molar-refractivity contribution < 1.29 is 22.7 Å². The lowest BCUT2D eigenvalue weighted by atomic mass is 10.2. The number of ether oxygens (including phenoxy) is 2. The molecule has 27 heavy (non-hydrogen) atoms. The molecule has 0 aliphatic carbocycles. The van der Waals surface area contributed by atoms with Gasteiger partial charge in [0.1, 0.15) is 10.9 Å². The van der Waals surface area contributed by atoms with Gasteiger partial charge in [0.15, 0.2) is 9.84 Å². The molecule has 0 radical (unpaired) electrons. The Morgan fingerprint density at radius 3 is 2.41 bits per heavy atom. The first-order chi connectivity index (χ1) is 12.6. The van der Waals surface area contributed by atoms with E-state index in [4.69, 9.17) is 9.47 Å². The number of anilines is 1. The Bertz CT molecular complexity index is 810. The molecular formula is C18H25BrN2O5S. The number of carbonyl (C=O) groups excluding carboxylic acids is 1. The normalized spacial score (nSPS) is 19.0. The fraction of sp³-hybridized carbons (Fsp3) is 0.611. The van der Waals surface area contributed by atoms with Gasteiger partial charge in [0.2, 0.25) is 0 Å². The zero-order valence-electron chi connectivity index (χ0n) is 15.8. The maximum absolute atomic E-state index is 13.0. The number of benzene rings is 1. The molecule has 0 bridgehead atoms. The van der Waals surface area contributed by atoms with Gasteiger partial charge in [0, 0.05) is 36.3 Å². The highest BCUT2D eigenvalue weighted by molar-refractivity contribution is 9.10. The Kier molecular flexibility index (Phi) is 5.74. The van der Waals surface area contributed by atoms with E-state index in [1.165, 1.54) is 4.90 Å². The van der Waals surface area contributed by atoms with Crippen LogP contribution in [-0.4, -0.2) is 69.7 Å². The Labute approximate surface area is 168 Å². The third-order valence-electron chi connectivity index (χ3n) is 4.50. The summed E-state index contributed by atoms with van der Waals surface area (Å²) in [6, 6.07) is 5.25. The Hall–Kier alpha value is -1.32. The summed E-state index contributed by atoms with van der Waals surface area (Å²) in [5, 5.41) is -0.614. The average molecular weight is 461 g/mol. The van der Waals surface area contributed by atoms with E-state index in [9.17, 15) is 13.2 Å². The number of nitrogens with zero attached hydrogens (tertiary/aromatic N) is 2. The second kappa shape index (κ2) is 7.60. The first-order valence-electron chi connectivity index (χ1n) is 8.91. The van der Waals surface area contributed by atoms with Crippen molar-refractivity contribution in [3.8, 4) is 0 Å². The van der Waals surface area contributed by atoms with E-state index in [-0.39, 0.29) is 18.0 Å². The smallest absolute Gasteiger partial charge is 0.410 e. The zero-order valence-corrected chi connectivity index (χ0v) is 18.2. The number of hydrogen-bond donors (Lipinski definition) is 0. The van der Waals surface area contributed by atoms with Crippen molar-refractivity contribution >= 4 is 37.5 Å². The van der Waals surface area contributed by atoms with Gasteiger partial charge in [-0.1, -0.05) is 15.9 Å². The van der Waals surface area contributed by atoms with Crippen LogP contribution in [0.5, 0.6) is 0 Å². The highest BCUT2D eigenvalue weighted by Gasteiger charge is 2.42. The van der Waals surface area contributed by atoms with Crippen molar-refractivity contribution in [3.05, 3.63) is 22.7 Å². The van der Waals surface area contributed by atoms with Crippen molar-refractivity contribution in [3.63, 3.8) is 0 Å².